The zero-order valence-corrected chi connectivity index (χ0v) is 14.3. The van der Waals surface area contributed by atoms with Crippen LogP contribution in [0.3, 0.4) is 0 Å². The maximum Gasteiger partial charge on any atom is 0.250 e. The van der Waals surface area contributed by atoms with E-state index < -0.39 is 10.0 Å². The summed E-state index contributed by atoms with van der Waals surface area (Å²) in [4.78, 5) is 1.08. The van der Waals surface area contributed by atoms with Gasteiger partial charge < -0.3 is 5.32 Å². The molecule has 0 saturated heterocycles. The van der Waals surface area contributed by atoms with Gasteiger partial charge in [0, 0.05) is 24.0 Å². The summed E-state index contributed by atoms with van der Waals surface area (Å²) in [5, 5.41) is 3.40. The molecule has 1 aromatic rings. The van der Waals surface area contributed by atoms with Crippen LogP contribution < -0.4 is 10.0 Å². The summed E-state index contributed by atoms with van der Waals surface area (Å²) in [5.41, 5.74) is 0. The summed E-state index contributed by atoms with van der Waals surface area (Å²) in [6.07, 6.45) is 4.51. The Morgan fingerprint density at radius 1 is 1.45 bits per heavy atom. The third kappa shape index (κ3) is 5.04. The fourth-order valence-electron chi connectivity index (χ4n) is 1.80. The van der Waals surface area contributed by atoms with Crippen molar-refractivity contribution >= 4 is 33.1 Å². The Hall–Kier alpha value is -0.0800. The summed E-state index contributed by atoms with van der Waals surface area (Å²) in [5.74, 6) is 1.31. The monoisotopic (exact) mass is 334 g/mol. The molecule has 1 fully saturated rings. The van der Waals surface area contributed by atoms with Crippen LogP contribution in [0.5, 0.6) is 0 Å². The largest absolute Gasteiger partial charge is 0.309 e. The molecule has 0 bridgehead atoms. The van der Waals surface area contributed by atoms with E-state index in [1.807, 2.05) is 12.3 Å². The molecule has 1 atom stereocenters. The van der Waals surface area contributed by atoms with Gasteiger partial charge in [-0.15, -0.1) is 11.3 Å². The van der Waals surface area contributed by atoms with Gasteiger partial charge in [-0.05, 0) is 42.9 Å². The normalized spacial score (nSPS) is 17.3. The SMILES string of the molecule is CSCC(C)CNS(=O)(=O)c1ccc(CNC2CC2)s1. The molecular weight excluding hydrogens is 312 g/mol. The molecule has 0 spiro atoms. The van der Waals surface area contributed by atoms with Crippen molar-refractivity contribution in [3.05, 3.63) is 17.0 Å². The van der Waals surface area contributed by atoms with Crippen LogP contribution in [0.4, 0.5) is 0 Å². The molecule has 1 heterocycles. The van der Waals surface area contributed by atoms with Crippen LogP contribution in [0.1, 0.15) is 24.6 Å². The molecule has 2 N–H and O–H groups in total. The van der Waals surface area contributed by atoms with Crippen molar-refractivity contribution in [2.45, 2.75) is 36.6 Å². The van der Waals surface area contributed by atoms with Gasteiger partial charge >= 0.3 is 0 Å². The molecule has 1 unspecified atom stereocenters. The zero-order valence-electron chi connectivity index (χ0n) is 11.9. The molecule has 0 amide bonds. The minimum absolute atomic E-state index is 0.343. The van der Waals surface area contributed by atoms with E-state index in [4.69, 9.17) is 0 Å². The molecule has 0 radical (unpaired) electrons. The first-order valence-corrected chi connectivity index (χ1v) is 10.5. The topological polar surface area (TPSA) is 58.2 Å². The number of thiophene rings is 1. The van der Waals surface area contributed by atoms with E-state index in [0.29, 0.717) is 22.7 Å². The van der Waals surface area contributed by atoms with Crippen molar-refractivity contribution in [1.82, 2.24) is 10.0 Å². The van der Waals surface area contributed by atoms with E-state index in [9.17, 15) is 8.42 Å². The Bertz CT molecular complexity index is 523. The van der Waals surface area contributed by atoms with E-state index in [1.54, 1.807) is 17.8 Å². The predicted octanol–water partition coefficient (Wildman–Crippen LogP) is 2.28. The lowest BCUT2D eigenvalue weighted by molar-refractivity contribution is 0.564. The first kappa shape index (κ1) is 16.3. The smallest absolute Gasteiger partial charge is 0.250 e. The minimum Gasteiger partial charge on any atom is -0.309 e. The third-order valence-corrected chi connectivity index (χ3v) is 7.02. The second-order valence-electron chi connectivity index (χ2n) is 5.29. The van der Waals surface area contributed by atoms with Crippen LogP contribution in [-0.2, 0) is 16.6 Å². The van der Waals surface area contributed by atoms with Gasteiger partial charge in [-0.25, -0.2) is 13.1 Å². The molecule has 4 nitrogen and oxygen atoms in total. The van der Waals surface area contributed by atoms with Crippen molar-refractivity contribution in [3.63, 3.8) is 0 Å². The maximum atomic E-state index is 12.2. The highest BCUT2D eigenvalue weighted by Gasteiger charge is 2.21. The van der Waals surface area contributed by atoms with Gasteiger partial charge in [-0.2, -0.15) is 11.8 Å². The van der Waals surface area contributed by atoms with Gasteiger partial charge in [0.25, 0.3) is 0 Å². The average Bonchev–Trinajstić information content (AvgIpc) is 3.11. The summed E-state index contributed by atoms with van der Waals surface area (Å²) in [6.45, 7) is 3.32. The van der Waals surface area contributed by atoms with Crippen LogP contribution in [0.15, 0.2) is 16.3 Å². The van der Waals surface area contributed by atoms with E-state index in [1.165, 1.54) is 24.2 Å². The van der Waals surface area contributed by atoms with Crippen molar-refractivity contribution in [3.8, 4) is 0 Å². The Balaban J connectivity index is 1.87. The Morgan fingerprint density at radius 3 is 2.85 bits per heavy atom. The summed E-state index contributed by atoms with van der Waals surface area (Å²) < 4.78 is 27.5. The third-order valence-electron chi connectivity index (χ3n) is 3.12. The van der Waals surface area contributed by atoms with Crippen LogP contribution in [0.2, 0.25) is 0 Å². The number of rotatable bonds is 9. The molecule has 1 aliphatic rings. The van der Waals surface area contributed by atoms with E-state index in [-0.39, 0.29) is 0 Å². The molecule has 7 heteroatoms. The number of nitrogens with one attached hydrogen (secondary N) is 2. The quantitative estimate of drug-likeness (QED) is 0.727. The first-order chi connectivity index (χ1) is 9.51. The Morgan fingerprint density at radius 2 is 2.20 bits per heavy atom. The predicted molar refractivity (Wildman–Crippen MR) is 86.9 cm³/mol. The van der Waals surface area contributed by atoms with Crippen LogP contribution in [0.25, 0.3) is 0 Å². The number of hydrogen-bond acceptors (Lipinski definition) is 5. The van der Waals surface area contributed by atoms with Gasteiger partial charge in [0.15, 0.2) is 0 Å². The van der Waals surface area contributed by atoms with Gasteiger partial charge in [0.05, 0.1) is 0 Å². The molecule has 114 valence electrons. The van der Waals surface area contributed by atoms with Gasteiger partial charge in [0.1, 0.15) is 4.21 Å². The Labute approximate surface area is 129 Å². The van der Waals surface area contributed by atoms with Gasteiger partial charge in [0.2, 0.25) is 10.0 Å². The zero-order chi connectivity index (χ0) is 14.6. The number of hydrogen-bond donors (Lipinski definition) is 2. The fourth-order valence-corrected chi connectivity index (χ4v) is 5.00. The van der Waals surface area contributed by atoms with Crippen LogP contribution in [-0.4, -0.2) is 33.0 Å². The minimum atomic E-state index is -3.34. The molecule has 1 saturated carbocycles. The highest BCUT2D eigenvalue weighted by Crippen LogP contribution is 2.24. The van der Waals surface area contributed by atoms with Crippen LogP contribution >= 0.6 is 23.1 Å². The first-order valence-electron chi connectivity index (χ1n) is 6.82. The fraction of sp³-hybridized carbons (Fsp3) is 0.692. The summed E-state index contributed by atoms with van der Waals surface area (Å²) in [7, 11) is -3.34. The lowest BCUT2D eigenvalue weighted by Gasteiger charge is -2.10. The number of thioether (sulfide) groups is 1. The Kier molecular flexibility index (Phi) is 5.92. The summed E-state index contributed by atoms with van der Waals surface area (Å²) in [6, 6.07) is 4.25. The molecule has 1 aliphatic carbocycles. The van der Waals surface area contributed by atoms with E-state index in [0.717, 1.165) is 17.2 Å². The standard InChI is InChI=1S/C13H22N2O2S3/c1-10(9-18-2)7-15-20(16,17)13-6-5-12(19-13)8-14-11-3-4-11/h5-6,10-11,14-15H,3-4,7-9H2,1-2H3. The highest BCUT2D eigenvalue weighted by molar-refractivity contribution is 7.98. The molecule has 20 heavy (non-hydrogen) atoms. The van der Waals surface area contributed by atoms with E-state index in [2.05, 4.69) is 17.0 Å². The molecule has 2 rings (SSSR count). The van der Waals surface area contributed by atoms with Crippen molar-refractivity contribution in [2.24, 2.45) is 5.92 Å². The lowest BCUT2D eigenvalue weighted by atomic mass is 10.2. The second kappa shape index (κ2) is 7.26. The number of sulfonamides is 1. The van der Waals surface area contributed by atoms with Crippen molar-refractivity contribution in [1.29, 1.82) is 0 Å². The van der Waals surface area contributed by atoms with Crippen LogP contribution in [0, 0.1) is 5.92 Å². The van der Waals surface area contributed by atoms with E-state index >= 15 is 0 Å². The van der Waals surface area contributed by atoms with Gasteiger partial charge in [-0.1, -0.05) is 6.92 Å². The summed E-state index contributed by atoms with van der Waals surface area (Å²) >= 11 is 3.09. The highest BCUT2D eigenvalue weighted by atomic mass is 32.2. The molecular formula is C13H22N2O2S3. The average molecular weight is 335 g/mol. The maximum absolute atomic E-state index is 12.2. The molecule has 1 aromatic heterocycles. The van der Waals surface area contributed by atoms with Crippen molar-refractivity contribution < 1.29 is 8.42 Å². The lowest BCUT2D eigenvalue weighted by Crippen LogP contribution is -2.28. The second-order valence-corrected chi connectivity index (χ2v) is 9.36. The van der Waals surface area contributed by atoms with Crippen molar-refractivity contribution in [2.75, 3.05) is 18.6 Å². The van der Waals surface area contributed by atoms with Gasteiger partial charge in [-0.3, -0.25) is 0 Å². The molecule has 0 aromatic carbocycles. The molecule has 0 aliphatic heterocycles.